The van der Waals surface area contributed by atoms with Crippen molar-refractivity contribution in [2.75, 3.05) is 5.32 Å². The summed E-state index contributed by atoms with van der Waals surface area (Å²) in [7, 11) is 0. The van der Waals surface area contributed by atoms with Gasteiger partial charge in [0.1, 0.15) is 0 Å². The second kappa shape index (κ2) is 4.58. The summed E-state index contributed by atoms with van der Waals surface area (Å²) >= 11 is 0. The Hall–Kier alpha value is -1.83. The molecule has 0 bridgehead atoms. The summed E-state index contributed by atoms with van der Waals surface area (Å²) < 4.78 is 0. The first-order valence-electron chi connectivity index (χ1n) is 5.84. The fraction of sp³-hybridized carbons (Fsp3) is 0.267. The van der Waals surface area contributed by atoms with Gasteiger partial charge in [0.25, 0.3) is 0 Å². The van der Waals surface area contributed by atoms with Crippen LogP contribution in [-0.4, -0.2) is 4.98 Å². The van der Waals surface area contributed by atoms with Gasteiger partial charge in [0.05, 0.1) is 11.2 Å². The lowest BCUT2D eigenvalue weighted by atomic mass is 9.99. The minimum Gasteiger partial charge on any atom is -0.375 e. The average Bonchev–Trinajstić information content (AvgIpc) is 2.33. The molecule has 1 heterocycles. The third-order valence-electron chi connectivity index (χ3n) is 2.81. The number of hydrogen-bond acceptors (Lipinski definition) is 2. The second-order valence-electron chi connectivity index (χ2n) is 4.83. The van der Waals surface area contributed by atoms with Crippen molar-refractivity contribution < 1.29 is 0 Å². The number of hydrogen-bond donors (Lipinski definition) is 1. The number of rotatable bonds is 3. The lowest BCUT2D eigenvalue weighted by molar-refractivity contribution is 0.587. The van der Waals surface area contributed by atoms with Crippen LogP contribution >= 0.6 is 0 Å². The molecule has 0 radical (unpaired) electrons. The van der Waals surface area contributed by atoms with Crippen LogP contribution in [0.2, 0.25) is 0 Å². The minimum absolute atomic E-state index is 0.170. The number of anilines is 1. The van der Waals surface area contributed by atoms with Crippen molar-refractivity contribution in [2.24, 2.45) is 0 Å². The zero-order valence-corrected chi connectivity index (χ0v) is 10.6. The fourth-order valence-electron chi connectivity index (χ4n) is 1.79. The van der Waals surface area contributed by atoms with E-state index in [4.69, 9.17) is 0 Å². The molecule has 0 aliphatic rings. The lowest BCUT2D eigenvalue weighted by Gasteiger charge is -2.27. The van der Waals surface area contributed by atoms with Crippen LogP contribution in [0.4, 0.5) is 5.69 Å². The van der Waals surface area contributed by atoms with Gasteiger partial charge in [-0.25, -0.2) is 0 Å². The van der Waals surface area contributed by atoms with E-state index >= 15 is 0 Å². The van der Waals surface area contributed by atoms with E-state index in [-0.39, 0.29) is 5.54 Å². The zero-order chi connectivity index (χ0) is 12.3. The van der Waals surface area contributed by atoms with E-state index in [1.54, 1.807) is 0 Å². The van der Waals surface area contributed by atoms with E-state index in [0.717, 1.165) is 11.4 Å². The van der Waals surface area contributed by atoms with Crippen molar-refractivity contribution in [1.82, 2.24) is 4.98 Å². The first kappa shape index (κ1) is 11.6. The molecular weight excluding hydrogens is 208 g/mol. The van der Waals surface area contributed by atoms with Crippen molar-refractivity contribution in [1.29, 1.82) is 0 Å². The standard InChI is InChI=1S/C15H18N2/c1-12-7-9-13(10-8-12)17-15(2,3)14-6-4-5-11-16-14/h4-11,17H,1-3H3. The first-order chi connectivity index (χ1) is 8.08. The van der Waals surface area contributed by atoms with Crippen LogP contribution in [0.15, 0.2) is 48.7 Å². The quantitative estimate of drug-likeness (QED) is 0.862. The molecule has 88 valence electrons. The molecule has 0 aliphatic heterocycles. The van der Waals surface area contributed by atoms with Crippen molar-refractivity contribution >= 4 is 5.69 Å². The van der Waals surface area contributed by atoms with E-state index in [0.29, 0.717) is 0 Å². The molecule has 1 aromatic heterocycles. The smallest absolute Gasteiger partial charge is 0.0739 e. The average molecular weight is 226 g/mol. The van der Waals surface area contributed by atoms with Crippen LogP contribution < -0.4 is 5.32 Å². The Morgan fingerprint density at radius 2 is 1.71 bits per heavy atom. The van der Waals surface area contributed by atoms with Crippen LogP contribution in [0.25, 0.3) is 0 Å². The van der Waals surface area contributed by atoms with Crippen molar-refractivity contribution in [3.8, 4) is 0 Å². The Kier molecular flexibility index (Phi) is 3.14. The zero-order valence-electron chi connectivity index (χ0n) is 10.6. The largest absolute Gasteiger partial charge is 0.375 e. The lowest BCUT2D eigenvalue weighted by Crippen LogP contribution is -2.28. The van der Waals surface area contributed by atoms with E-state index in [1.807, 2.05) is 24.4 Å². The van der Waals surface area contributed by atoms with Gasteiger partial charge in [-0.05, 0) is 45.0 Å². The molecule has 0 fully saturated rings. The summed E-state index contributed by atoms with van der Waals surface area (Å²) in [6.45, 7) is 6.36. The van der Waals surface area contributed by atoms with Gasteiger partial charge in [-0.15, -0.1) is 0 Å². The van der Waals surface area contributed by atoms with Gasteiger partial charge in [0, 0.05) is 11.9 Å². The number of nitrogens with zero attached hydrogens (tertiary/aromatic N) is 1. The maximum absolute atomic E-state index is 4.40. The summed E-state index contributed by atoms with van der Waals surface area (Å²) in [6.07, 6.45) is 1.83. The maximum Gasteiger partial charge on any atom is 0.0739 e. The molecule has 2 aromatic rings. The number of aryl methyl sites for hydroxylation is 1. The van der Waals surface area contributed by atoms with E-state index < -0.39 is 0 Å². The summed E-state index contributed by atoms with van der Waals surface area (Å²) in [5.74, 6) is 0. The molecule has 0 spiro atoms. The predicted molar refractivity (Wildman–Crippen MR) is 72.1 cm³/mol. The molecule has 0 amide bonds. The molecule has 1 aromatic carbocycles. The van der Waals surface area contributed by atoms with Gasteiger partial charge >= 0.3 is 0 Å². The van der Waals surface area contributed by atoms with Crippen LogP contribution in [0.5, 0.6) is 0 Å². The van der Waals surface area contributed by atoms with Gasteiger partial charge in [0.2, 0.25) is 0 Å². The normalized spacial score (nSPS) is 11.2. The van der Waals surface area contributed by atoms with Gasteiger partial charge < -0.3 is 5.32 Å². The van der Waals surface area contributed by atoms with Gasteiger partial charge in [0.15, 0.2) is 0 Å². The number of nitrogens with one attached hydrogen (secondary N) is 1. The van der Waals surface area contributed by atoms with Crippen LogP contribution in [0, 0.1) is 6.92 Å². The first-order valence-corrected chi connectivity index (χ1v) is 5.84. The molecule has 2 heteroatoms. The van der Waals surface area contributed by atoms with Crippen molar-refractivity contribution in [2.45, 2.75) is 26.3 Å². The number of aromatic nitrogens is 1. The summed E-state index contributed by atoms with van der Waals surface area (Å²) in [4.78, 5) is 4.40. The third kappa shape index (κ3) is 2.84. The van der Waals surface area contributed by atoms with Crippen LogP contribution in [0.1, 0.15) is 25.1 Å². The monoisotopic (exact) mass is 226 g/mol. The highest BCUT2D eigenvalue weighted by Gasteiger charge is 2.20. The molecule has 0 saturated carbocycles. The van der Waals surface area contributed by atoms with Crippen molar-refractivity contribution in [3.63, 3.8) is 0 Å². The minimum atomic E-state index is -0.170. The Morgan fingerprint density at radius 3 is 2.29 bits per heavy atom. The summed E-state index contributed by atoms with van der Waals surface area (Å²) in [5, 5.41) is 3.50. The summed E-state index contributed by atoms with van der Waals surface area (Å²) in [6, 6.07) is 14.4. The molecule has 0 unspecified atom stereocenters. The van der Waals surface area contributed by atoms with Gasteiger partial charge in [-0.2, -0.15) is 0 Å². The molecule has 1 N–H and O–H groups in total. The Bertz CT molecular complexity index is 472. The molecule has 17 heavy (non-hydrogen) atoms. The van der Waals surface area contributed by atoms with Gasteiger partial charge in [-0.3, -0.25) is 4.98 Å². The highest BCUT2D eigenvalue weighted by atomic mass is 15.0. The highest BCUT2D eigenvalue weighted by Crippen LogP contribution is 2.23. The van der Waals surface area contributed by atoms with Crippen LogP contribution in [0.3, 0.4) is 0 Å². The van der Waals surface area contributed by atoms with E-state index in [1.165, 1.54) is 5.56 Å². The SMILES string of the molecule is Cc1ccc(NC(C)(C)c2ccccn2)cc1. The Balaban J connectivity index is 2.20. The third-order valence-corrected chi connectivity index (χ3v) is 2.81. The molecule has 2 rings (SSSR count). The number of pyridine rings is 1. The highest BCUT2D eigenvalue weighted by molar-refractivity contribution is 5.47. The Morgan fingerprint density at radius 1 is 1.00 bits per heavy atom. The second-order valence-corrected chi connectivity index (χ2v) is 4.83. The van der Waals surface area contributed by atoms with Crippen LogP contribution in [-0.2, 0) is 5.54 Å². The number of benzene rings is 1. The molecule has 0 atom stereocenters. The Labute approximate surface area is 103 Å². The molecule has 0 aliphatic carbocycles. The molecule has 0 saturated heterocycles. The summed E-state index contributed by atoms with van der Waals surface area (Å²) in [5.41, 5.74) is 3.26. The van der Waals surface area contributed by atoms with Gasteiger partial charge in [-0.1, -0.05) is 23.8 Å². The maximum atomic E-state index is 4.40. The van der Waals surface area contributed by atoms with Crippen molar-refractivity contribution in [3.05, 3.63) is 59.9 Å². The topological polar surface area (TPSA) is 24.9 Å². The predicted octanol–water partition coefficient (Wildman–Crippen LogP) is 3.74. The molecule has 2 nitrogen and oxygen atoms in total. The van der Waals surface area contributed by atoms with E-state index in [2.05, 4.69) is 55.3 Å². The van der Waals surface area contributed by atoms with E-state index in [9.17, 15) is 0 Å². The fourth-order valence-corrected chi connectivity index (χ4v) is 1.79. The molecular formula is C15H18N2.